The Morgan fingerprint density at radius 2 is 1.65 bits per heavy atom. The topological polar surface area (TPSA) is 64.6 Å². The Morgan fingerprint density at radius 1 is 1.03 bits per heavy atom. The van der Waals surface area contributed by atoms with Gasteiger partial charge in [-0.1, -0.05) is 26.0 Å². The van der Waals surface area contributed by atoms with Crippen LogP contribution in [0.5, 0.6) is 0 Å². The number of ketones is 1. The summed E-state index contributed by atoms with van der Waals surface area (Å²) in [6, 6.07) is 7.89. The van der Waals surface area contributed by atoms with E-state index in [1.165, 1.54) is 5.56 Å². The fourth-order valence-corrected chi connectivity index (χ4v) is 3.67. The third-order valence-corrected chi connectivity index (χ3v) is 5.56. The average Bonchev–Trinajstić information content (AvgIpc) is 2.81. The minimum Gasteiger partial charge on any atom is -0.382 e. The maximum absolute atomic E-state index is 12.2. The predicted octanol–water partition coefficient (Wildman–Crippen LogP) is 4.85. The van der Waals surface area contributed by atoms with E-state index in [-0.39, 0.29) is 19.2 Å². The van der Waals surface area contributed by atoms with Crippen LogP contribution in [0.3, 0.4) is 0 Å². The van der Waals surface area contributed by atoms with Crippen LogP contribution < -0.4 is 5.32 Å². The Hall–Kier alpha value is -2.16. The van der Waals surface area contributed by atoms with E-state index in [9.17, 15) is 9.59 Å². The molecule has 1 saturated carbocycles. The van der Waals surface area contributed by atoms with Gasteiger partial charge in [-0.2, -0.15) is 0 Å². The first-order chi connectivity index (χ1) is 14.9. The summed E-state index contributed by atoms with van der Waals surface area (Å²) in [6.07, 6.45) is 4.06. The molecule has 0 unspecified atom stereocenters. The summed E-state index contributed by atoms with van der Waals surface area (Å²) in [5.74, 6) is 6.55. The molecule has 1 N–H and O–H groups in total. The summed E-state index contributed by atoms with van der Waals surface area (Å²) in [6.45, 7) is 9.67. The number of amides is 1. The van der Waals surface area contributed by atoms with Crippen molar-refractivity contribution in [1.82, 2.24) is 5.32 Å². The van der Waals surface area contributed by atoms with Crippen LogP contribution in [0.1, 0.15) is 76.6 Å². The average molecular weight is 432 g/mol. The molecule has 5 nitrogen and oxygen atoms in total. The first-order valence-corrected chi connectivity index (χ1v) is 11.3. The van der Waals surface area contributed by atoms with Gasteiger partial charge in [0, 0.05) is 32.5 Å². The van der Waals surface area contributed by atoms with Gasteiger partial charge in [-0.05, 0) is 63.1 Å². The van der Waals surface area contributed by atoms with Gasteiger partial charge in [-0.25, -0.2) is 0 Å². The molecular formula is C26H41NO4. The van der Waals surface area contributed by atoms with E-state index in [2.05, 4.69) is 29.3 Å². The van der Waals surface area contributed by atoms with Gasteiger partial charge in [0.2, 0.25) is 0 Å². The number of rotatable bonds is 10. The molecule has 0 bridgehead atoms. The van der Waals surface area contributed by atoms with Crippen LogP contribution in [0.15, 0.2) is 24.3 Å². The molecule has 1 amide bonds. The van der Waals surface area contributed by atoms with Crippen molar-refractivity contribution in [3.05, 3.63) is 35.4 Å². The second kappa shape index (κ2) is 15.6. The lowest BCUT2D eigenvalue weighted by atomic mass is 9.75. The van der Waals surface area contributed by atoms with Gasteiger partial charge in [0.15, 0.2) is 0 Å². The van der Waals surface area contributed by atoms with E-state index in [0.717, 1.165) is 25.7 Å². The molecule has 2 rings (SSSR count). The Kier molecular flexibility index (Phi) is 13.5. The molecule has 1 fully saturated rings. The highest BCUT2D eigenvalue weighted by Gasteiger charge is 2.28. The molecule has 0 saturated heterocycles. The van der Waals surface area contributed by atoms with Gasteiger partial charge < -0.3 is 14.8 Å². The zero-order valence-corrected chi connectivity index (χ0v) is 19.8. The molecule has 0 atom stereocenters. The van der Waals surface area contributed by atoms with Gasteiger partial charge >= 0.3 is 0 Å². The zero-order valence-electron chi connectivity index (χ0n) is 19.8. The van der Waals surface area contributed by atoms with E-state index in [0.29, 0.717) is 43.6 Å². The number of carbonyl (C=O) groups excluding carboxylic acids is 2. The molecule has 0 heterocycles. The van der Waals surface area contributed by atoms with Gasteiger partial charge in [0.25, 0.3) is 5.91 Å². The second-order valence-corrected chi connectivity index (χ2v) is 8.09. The van der Waals surface area contributed by atoms with Crippen molar-refractivity contribution in [2.45, 2.75) is 59.3 Å². The van der Waals surface area contributed by atoms with Gasteiger partial charge in [-0.15, -0.1) is 11.8 Å². The number of nitrogens with one attached hydrogen (secondary N) is 1. The molecule has 1 aromatic rings. The summed E-state index contributed by atoms with van der Waals surface area (Å²) >= 11 is 0. The molecule has 0 aromatic heterocycles. The van der Waals surface area contributed by atoms with Crippen molar-refractivity contribution in [2.75, 3.05) is 33.5 Å². The molecule has 1 aromatic carbocycles. The van der Waals surface area contributed by atoms with Crippen LogP contribution in [0.4, 0.5) is 0 Å². The number of Topliss-reactive ketones (excluding diaryl/α,β-unsaturated/α-hetero) is 1. The van der Waals surface area contributed by atoms with Crippen molar-refractivity contribution in [3.63, 3.8) is 0 Å². The monoisotopic (exact) mass is 431 g/mol. The third kappa shape index (κ3) is 10.1. The molecular weight excluding hydrogens is 390 g/mol. The van der Waals surface area contributed by atoms with Gasteiger partial charge in [-0.3, -0.25) is 9.59 Å². The van der Waals surface area contributed by atoms with Crippen LogP contribution in [0.25, 0.3) is 0 Å². The van der Waals surface area contributed by atoms with Crippen molar-refractivity contribution in [1.29, 1.82) is 0 Å². The lowest BCUT2D eigenvalue weighted by Crippen LogP contribution is -2.27. The number of methoxy groups -OCH3 is 1. The summed E-state index contributed by atoms with van der Waals surface area (Å²) in [5, 5.41) is 2.86. The van der Waals surface area contributed by atoms with Crippen LogP contribution in [-0.4, -0.2) is 45.2 Å². The lowest BCUT2D eigenvalue weighted by Gasteiger charge is -2.29. The number of hydrogen-bond acceptors (Lipinski definition) is 4. The zero-order chi connectivity index (χ0) is 23.1. The highest BCUT2D eigenvalue weighted by molar-refractivity contribution is 5.94. The number of hydrogen-bond donors (Lipinski definition) is 1. The number of benzene rings is 1. The lowest BCUT2D eigenvalue weighted by molar-refractivity contribution is -0.126. The van der Waals surface area contributed by atoms with E-state index < -0.39 is 0 Å². The van der Waals surface area contributed by atoms with Crippen molar-refractivity contribution >= 4 is 11.7 Å². The van der Waals surface area contributed by atoms with Crippen LogP contribution in [-0.2, 0) is 14.3 Å². The number of carbonyl (C=O) groups is 2. The third-order valence-electron chi connectivity index (χ3n) is 5.56. The Labute approximate surface area is 189 Å². The second-order valence-electron chi connectivity index (χ2n) is 8.09. The summed E-state index contributed by atoms with van der Waals surface area (Å²) in [5.41, 5.74) is 1.93. The molecule has 0 aliphatic heterocycles. The quantitative estimate of drug-likeness (QED) is 0.425. The van der Waals surface area contributed by atoms with Crippen LogP contribution in [0, 0.1) is 23.7 Å². The molecule has 5 heteroatoms. The van der Waals surface area contributed by atoms with Crippen molar-refractivity contribution < 1.29 is 20.5 Å². The van der Waals surface area contributed by atoms with Crippen LogP contribution >= 0.6 is 0 Å². The normalized spacial score (nSPS) is 17.7. The Balaban J connectivity index is 0.00000177. The SMILES string of the molecule is CC#CC.COCCOCCNC(=O)c1ccc(C2CCC(C(=O)C(C)C)CC2)cc1.[HH]. The Bertz CT molecular complexity index is 708. The van der Waals surface area contributed by atoms with Gasteiger partial charge in [0.1, 0.15) is 5.78 Å². The predicted molar refractivity (Wildman–Crippen MR) is 127 cm³/mol. The minimum atomic E-state index is -0.0804. The maximum Gasteiger partial charge on any atom is 0.251 e. The van der Waals surface area contributed by atoms with E-state index >= 15 is 0 Å². The maximum atomic E-state index is 12.2. The van der Waals surface area contributed by atoms with Gasteiger partial charge in [0.05, 0.1) is 19.8 Å². The van der Waals surface area contributed by atoms with E-state index in [1.807, 2.05) is 39.8 Å². The molecule has 31 heavy (non-hydrogen) atoms. The standard InChI is InChI=1S/C22H33NO4.C4H6.H2/c1-16(2)21(24)19-8-4-17(5-9-19)18-6-10-20(11-7-18)22(25)23-12-13-27-15-14-26-3;1-3-4-2;/h6-7,10-11,16-17,19H,4-5,8-9,12-15H2,1-3H3,(H,23,25);1-2H3;1H. The molecule has 0 radical (unpaired) electrons. The highest BCUT2D eigenvalue weighted by Crippen LogP contribution is 2.37. The van der Waals surface area contributed by atoms with E-state index in [4.69, 9.17) is 9.47 Å². The fourth-order valence-electron chi connectivity index (χ4n) is 3.67. The largest absolute Gasteiger partial charge is 0.382 e. The first kappa shape index (κ1) is 26.9. The molecule has 1 aliphatic rings. The Morgan fingerprint density at radius 3 is 2.16 bits per heavy atom. The highest BCUT2D eigenvalue weighted by atomic mass is 16.5. The summed E-state index contributed by atoms with van der Waals surface area (Å²) < 4.78 is 10.2. The molecule has 1 aliphatic carbocycles. The number of ether oxygens (including phenoxy) is 2. The van der Waals surface area contributed by atoms with Crippen molar-refractivity contribution in [2.24, 2.45) is 11.8 Å². The molecule has 174 valence electrons. The van der Waals surface area contributed by atoms with Crippen LogP contribution in [0.2, 0.25) is 0 Å². The summed E-state index contributed by atoms with van der Waals surface area (Å²) in [4.78, 5) is 24.3. The summed E-state index contributed by atoms with van der Waals surface area (Å²) in [7, 11) is 1.63. The first-order valence-electron chi connectivity index (χ1n) is 11.3. The smallest absolute Gasteiger partial charge is 0.251 e. The van der Waals surface area contributed by atoms with Crippen molar-refractivity contribution in [3.8, 4) is 11.8 Å². The fraction of sp³-hybridized carbons (Fsp3) is 0.615. The molecule has 0 spiro atoms. The van der Waals surface area contributed by atoms with E-state index in [1.54, 1.807) is 7.11 Å². The minimum absolute atomic E-state index is 0.